The van der Waals surface area contributed by atoms with E-state index in [2.05, 4.69) is 31.8 Å². The van der Waals surface area contributed by atoms with E-state index in [1.165, 1.54) is 10.6 Å². The first kappa shape index (κ1) is 21.4. The summed E-state index contributed by atoms with van der Waals surface area (Å²) in [6.45, 7) is 1.48. The summed E-state index contributed by atoms with van der Waals surface area (Å²) in [5.74, 6) is -1.05. The second-order valence-corrected chi connectivity index (χ2v) is 7.84. The lowest BCUT2D eigenvalue weighted by Crippen LogP contribution is -2.45. The highest BCUT2D eigenvalue weighted by Crippen LogP contribution is 2.19. The fourth-order valence-electron chi connectivity index (χ4n) is 3.28. The first-order valence-corrected chi connectivity index (χ1v) is 10.5. The number of hydrogen-bond donors (Lipinski definition) is 2. The highest BCUT2D eigenvalue weighted by Gasteiger charge is 2.16. The summed E-state index contributed by atoms with van der Waals surface area (Å²) in [5, 5.41) is 0.929. The normalized spacial score (nSPS) is 10.9. The van der Waals surface area contributed by atoms with E-state index in [0.717, 1.165) is 4.47 Å². The van der Waals surface area contributed by atoms with Gasteiger partial charge in [0.1, 0.15) is 23.5 Å². The van der Waals surface area contributed by atoms with Crippen LogP contribution in [0, 0.1) is 0 Å². The van der Waals surface area contributed by atoms with Crippen LogP contribution in [0.15, 0.2) is 67.0 Å². The van der Waals surface area contributed by atoms with Crippen molar-refractivity contribution in [3.05, 3.63) is 85.2 Å². The Balaban J connectivity index is 1.52. The smallest absolute Gasteiger partial charge is 0.349 e. The van der Waals surface area contributed by atoms with Crippen LogP contribution in [0.4, 0.5) is 0 Å². The van der Waals surface area contributed by atoms with E-state index in [9.17, 15) is 19.2 Å². The average molecular weight is 497 g/mol. The summed E-state index contributed by atoms with van der Waals surface area (Å²) in [4.78, 5) is 54.2. The number of carbonyl (C=O) groups excluding carboxylic acids is 2. The zero-order valence-electron chi connectivity index (χ0n) is 16.8. The monoisotopic (exact) mass is 496 g/mol. The lowest BCUT2D eigenvalue weighted by molar-refractivity contribution is -0.122. The molecule has 9 nitrogen and oxygen atoms in total. The minimum Gasteiger partial charge on any atom is -0.422 e. The van der Waals surface area contributed by atoms with Gasteiger partial charge in [0.05, 0.1) is 10.9 Å². The molecule has 0 radical (unpaired) electrons. The Morgan fingerprint density at radius 3 is 2.66 bits per heavy atom. The van der Waals surface area contributed by atoms with Crippen molar-refractivity contribution in [2.45, 2.75) is 19.9 Å². The van der Waals surface area contributed by atoms with Crippen LogP contribution in [0.2, 0.25) is 0 Å². The number of benzene rings is 2. The Morgan fingerprint density at radius 1 is 1.09 bits per heavy atom. The van der Waals surface area contributed by atoms with Crippen LogP contribution in [0.1, 0.15) is 23.1 Å². The number of hydrazine groups is 1. The molecule has 4 rings (SSSR count). The molecule has 2 heterocycles. The second kappa shape index (κ2) is 8.75. The van der Waals surface area contributed by atoms with Gasteiger partial charge in [0, 0.05) is 16.3 Å². The van der Waals surface area contributed by atoms with Gasteiger partial charge in [-0.1, -0.05) is 35.0 Å². The van der Waals surface area contributed by atoms with Crippen LogP contribution in [0.25, 0.3) is 21.9 Å². The summed E-state index contributed by atoms with van der Waals surface area (Å²) >= 11 is 3.32. The maximum absolute atomic E-state index is 12.8. The van der Waals surface area contributed by atoms with Gasteiger partial charge >= 0.3 is 5.63 Å². The maximum Gasteiger partial charge on any atom is 0.349 e. The number of halogens is 1. The minimum atomic E-state index is -0.839. The summed E-state index contributed by atoms with van der Waals surface area (Å²) in [5.41, 5.74) is 3.83. The number of amides is 2. The number of carbonyl (C=O) groups is 2. The lowest BCUT2D eigenvalue weighted by Gasteiger charge is -2.13. The number of nitrogens with zero attached hydrogens (tertiary/aromatic N) is 2. The van der Waals surface area contributed by atoms with E-state index >= 15 is 0 Å². The Labute approximate surface area is 189 Å². The van der Waals surface area contributed by atoms with Crippen molar-refractivity contribution >= 4 is 49.6 Å². The van der Waals surface area contributed by atoms with Crippen molar-refractivity contribution < 1.29 is 14.0 Å². The fourth-order valence-corrected chi connectivity index (χ4v) is 3.66. The van der Waals surface area contributed by atoms with Crippen molar-refractivity contribution in [3.8, 4) is 0 Å². The maximum atomic E-state index is 12.8. The lowest BCUT2D eigenvalue weighted by atomic mass is 10.2. The van der Waals surface area contributed by atoms with Gasteiger partial charge in [-0.15, -0.1) is 0 Å². The predicted molar refractivity (Wildman–Crippen MR) is 121 cm³/mol. The molecule has 2 amide bonds. The van der Waals surface area contributed by atoms with Gasteiger partial charge < -0.3 is 4.42 Å². The molecule has 0 aliphatic heterocycles. The standard InChI is InChI=1S/C22H17BrN4O5/c1-2-18-24-16-6-4-3-5-14(16)21(30)27(18)11-19(28)25-26-20(29)15-10-12-9-13(23)7-8-17(12)32-22(15)31/h3-10H,2,11H2,1H3,(H,25,28)(H,26,29). The Kier molecular flexibility index (Phi) is 5.87. The third-order valence-corrected chi connectivity index (χ3v) is 5.31. The molecule has 0 aliphatic carbocycles. The van der Waals surface area contributed by atoms with E-state index in [1.54, 1.807) is 42.5 Å². The minimum absolute atomic E-state index is 0.269. The summed E-state index contributed by atoms with van der Waals surface area (Å²) in [7, 11) is 0. The SMILES string of the molecule is CCc1nc2ccccc2c(=O)n1CC(=O)NNC(=O)c1cc2cc(Br)ccc2oc1=O. The molecule has 10 heteroatoms. The van der Waals surface area contributed by atoms with Gasteiger partial charge in [0.15, 0.2) is 0 Å². The topological polar surface area (TPSA) is 123 Å². The van der Waals surface area contributed by atoms with E-state index < -0.39 is 17.4 Å². The molecule has 0 spiro atoms. The molecule has 0 atom stereocenters. The van der Waals surface area contributed by atoms with Crippen LogP contribution in [0.5, 0.6) is 0 Å². The summed E-state index contributed by atoms with van der Waals surface area (Å²) in [6.07, 6.45) is 0.438. The highest BCUT2D eigenvalue weighted by atomic mass is 79.9. The number of para-hydroxylation sites is 1. The average Bonchev–Trinajstić information content (AvgIpc) is 2.79. The number of nitrogens with one attached hydrogen (secondary N) is 2. The number of aryl methyl sites for hydroxylation is 1. The zero-order chi connectivity index (χ0) is 22.8. The van der Waals surface area contributed by atoms with Gasteiger partial charge in [-0.3, -0.25) is 29.8 Å². The molecule has 0 fully saturated rings. The molecular weight excluding hydrogens is 480 g/mol. The van der Waals surface area contributed by atoms with E-state index in [4.69, 9.17) is 4.42 Å². The quantitative estimate of drug-likeness (QED) is 0.330. The molecule has 0 saturated carbocycles. The number of fused-ring (bicyclic) bond motifs is 2. The highest BCUT2D eigenvalue weighted by molar-refractivity contribution is 9.10. The van der Waals surface area contributed by atoms with Crippen molar-refractivity contribution in [3.63, 3.8) is 0 Å². The van der Waals surface area contributed by atoms with Gasteiger partial charge in [-0.05, 0) is 36.4 Å². The molecule has 0 saturated heterocycles. The predicted octanol–water partition coefficient (Wildman–Crippen LogP) is 2.29. The molecule has 0 unspecified atom stereocenters. The summed E-state index contributed by atoms with van der Waals surface area (Å²) < 4.78 is 7.16. The third kappa shape index (κ3) is 4.17. The van der Waals surface area contributed by atoms with Crippen LogP contribution >= 0.6 is 15.9 Å². The number of rotatable bonds is 4. The molecule has 2 N–H and O–H groups in total. The molecule has 0 bridgehead atoms. The molecule has 4 aromatic rings. The number of aromatic nitrogens is 2. The van der Waals surface area contributed by atoms with E-state index in [-0.39, 0.29) is 17.7 Å². The van der Waals surface area contributed by atoms with Gasteiger partial charge in [0.2, 0.25) is 0 Å². The molecule has 32 heavy (non-hydrogen) atoms. The van der Waals surface area contributed by atoms with Crippen molar-refractivity contribution in [2.75, 3.05) is 0 Å². The Bertz CT molecular complexity index is 1490. The van der Waals surface area contributed by atoms with Gasteiger partial charge in [-0.25, -0.2) is 9.78 Å². The number of hydrogen-bond acceptors (Lipinski definition) is 6. The van der Waals surface area contributed by atoms with Crippen LogP contribution < -0.4 is 22.0 Å². The van der Waals surface area contributed by atoms with E-state index in [1.807, 2.05) is 6.92 Å². The summed E-state index contributed by atoms with van der Waals surface area (Å²) in [6, 6.07) is 13.2. The molecule has 2 aromatic heterocycles. The van der Waals surface area contributed by atoms with Crippen LogP contribution in [-0.4, -0.2) is 21.4 Å². The fraction of sp³-hybridized carbons (Fsp3) is 0.136. The Morgan fingerprint density at radius 2 is 1.88 bits per heavy atom. The Hall–Kier alpha value is -3.79. The van der Waals surface area contributed by atoms with Crippen LogP contribution in [-0.2, 0) is 17.8 Å². The third-order valence-electron chi connectivity index (χ3n) is 4.81. The largest absolute Gasteiger partial charge is 0.422 e. The van der Waals surface area contributed by atoms with Gasteiger partial charge in [0.25, 0.3) is 17.4 Å². The zero-order valence-corrected chi connectivity index (χ0v) is 18.4. The molecule has 2 aromatic carbocycles. The van der Waals surface area contributed by atoms with Crippen molar-refractivity contribution in [1.29, 1.82) is 0 Å². The first-order valence-electron chi connectivity index (χ1n) is 9.68. The van der Waals surface area contributed by atoms with Crippen LogP contribution in [0.3, 0.4) is 0 Å². The van der Waals surface area contributed by atoms with Crippen molar-refractivity contribution in [1.82, 2.24) is 20.4 Å². The molecule has 0 aliphatic rings. The van der Waals surface area contributed by atoms with E-state index in [0.29, 0.717) is 34.1 Å². The van der Waals surface area contributed by atoms with Gasteiger partial charge in [-0.2, -0.15) is 0 Å². The first-order chi connectivity index (χ1) is 15.4. The van der Waals surface area contributed by atoms with Crippen molar-refractivity contribution in [2.24, 2.45) is 0 Å². The molecule has 162 valence electrons. The molecular formula is C22H17BrN4O5. The second-order valence-electron chi connectivity index (χ2n) is 6.92.